The van der Waals surface area contributed by atoms with Crippen molar-refractivity contribution in [2.24, 2.45) is 13.0 Å². The summed E-state index contributed by atoms with van der Waals surface area (Å²) in [6, 6.07) is 0.542. The van der Waals surface area contributed by atoms with Crippen LogP contribution in [-0.2, 0) is 37.2 Å². The van der Waals surface area contributed by atoms with Crippen LogP contribution >= 0.6 is 11.6 Å². The zero-order chi connectivity index (χ0) is 34.4. The lowest BCUT2D eigenvalue weighted by atomic mass is 9.91. The summed E-state index contributed by atoms with van der Waals surface area (Å²) >= 11 is 6.53. The molecular formula is C33H53ClN8O6. The van der Waals surface area contributed by atoms with Crippen LogP contribution in [0.5, 0.6) is 0 Å². The fourth-order valence-corrected chi connectivity index (χ4v) is 5.58. The highest BCUT2D eigenvalue weighted by molar-refractivity contribution is 6.33. The molecule has 2 aromatic heterocycles. The van der Waals surface area contributed by atoms with Gasteiger partial charge in [-0.25, -0.2) is 14.8 Å². The van der Waals surface area contributed by atoms with Crippen molar-refractivity contribution >= 4 is 29.5 Å². The minimum absolute atomic E-state index is 0.0503. The molecule has 2 saturated carbocycles. The maximum absolute atomic E-state index is 12.3. The normalized spacial score (nSPS) is 18.0. The molecule has 2 fully saturated rings. The Hall–Kier alpha value is -3.04. The number of hydrogen-bond donors (Lipinski definition) is 4. The van der Waals surface area contributed by atoms with Gasteiger partial charge in [0.2, 0.25) is 11.9 Å². The van der Waals surface area contributed by atoms with E-state index in [1.165, 1.54) is 18.5 Å². The Bertz CT molecular complexity index is 1290. The number of anilines is 1. The number of amides is 2. The molecule has 0 aromatic carbocycles. The quantitative estimate of drug-likeness (QED) is 0.150. The number of aromatic nitrogens is 4. The highest BCUT2D eigenvalue weighted by atomic mass is 35.5. The van der Waals surface area contributed by atoms with Gasteiger partial charge in [0.15, 0.2) is 0 Å². The van der Waals surface area contributed by atoms with E-state index in [0.29, 0.717) is 57.2 Å². The standard InChI is InChI=1S/C33H53ClN8O6/c1-33(2,3)41-32(44)48-18-17-47-16-15-46-14-13-45-12-11-35-29(43)22-36-24-7-9-25(10-8-24)39-31-37-21-27(34)30(40-31)26-20-38-42(4)28(26)19-23-5-6-23/h20-21,23-25,36H,5-19,22H2,1-4H3,(H,35,43)(H,41,44)(H,37,39,40). The number of carbonyl (C=O) groups excluding carboxylic acids is 2. The fourth-order valence-electron chi connectivity index (χ4n) is 5.39. The molecule has 2 aromatic rings. The van der Waals surface area contributed by atoms with Gasteiger partial charge in [-0.15, -0.1) is 0 Å². The van der Waals surface area contributed by atoms with Gasteiger partial charge in [0, 0.05) is 42.5 Å². The summed E-state index contributed by atoms with van der Waals surface area (Å²) in [5.74, 6) is 1.26. The Morgan fingerprint density at radius 1 is 0.917 bits per heavy atom. The highest BCUT2D eigenvalue weighted by Gasteiger charge is 2.27. The van der Waals surface area contributed by atoms with E-state index in [0.717, 1.165) is 49.3 Å². The largest absolute Gasteiger partial charge is 0.447 e. The van der Waals surface area contributed by atoms with Crippen LogP contribution in [0.25, 0.3) is 11.3 Å². The van der Waals surface area contributed by atoms with E-state index < -0.39 is 6.09 Å². The number of nitrogens with one attached hydrogen (secondary N) is 4. The third kappa shape index (κ3) is 13.8. The summed E-state index contributed by atoms with van der Waals surface area (Å²) < 4.78 is 23.3. The van der Waals surface area contributed by atoms with E-state index in [-0.39, 0.29) is 36.7 Å². The van der Waals surface area contributed by atoms with Crippen LogP contribution < -0.4 is 21.3 Å². The number of carbonyl (C=O) groups is 2. The number of alkyl carbamates (subject to hydrolysis) is 1. The Morgan fingerprint density at radius 2 is 1.56 bits per heavy atom. The van der Waals surface area contributed by atoms with E-state index in [1.807, 2.05) is 38.7 Å². The number of halogens is 1. The van der Waals surface area contributed by atoms with Crippen LogP contribution in [0.2, 0.25) is 5.02 Å². The van der Waals surface area contributed by atoms with Crippen molar-refractivity contribution in [1.82, 2.24) is 35.7 Å². The lowest BCUT2D eigenvalue weighted by molar-refractivity contribution is -0.120. The molecule has 0 bridgehead atoms. The molecule has 0 radical (unpaired) electrons. The molecule has 14 nitrogen and oxygen atoms in total. The number of nitrogens with zero attached hydrogens (tertiary/aromatic N) is 4. The van der Waals surface area contributed by atoms with Crippen LogP contribution in [0.1, 0.15) is 65.0 Å². The van der Waals surface area contributed by atoms with Gasteiger partial charge in [0.1, 0.15) is 6.61 Å². The first-order chi connectivity index (χ1) is 23.1. The lowest BCUT2D eigenvalue weighted by Gasteiger charge is -2.29. The van der Waals surface area contributed by atoms with Gasteiger partial charge >= 0.3 is 6.09 Å². The van der Waals surface area contributed by atoms with E-state index in [2.05, 4.69) is 31.3 Å². The van der Waals surface area contributed by atoms with Crippen molar-refractivity contribution in [3.63, 3.8) is 0 Å². The second kappa shape index (κ2) is 19.2. The molecule has 0 saturated heterocycles. The molecule has 2 amide bonds. The molecule has 15 heteroatoms. The topological polar surface area (TPSA) is 163 Å². The minimum Gasteiger partial charge on any atom is -0.447 e. The number of hydrogen-bond acceptors (Lipinski definition) is 11. The van der Waals surface area contributed by atoms with Gasteiger partial charge in [-0.1, -0.05) is 11.6 Å². The van der Waals surface area contributed by atoms with Crippen LogP contribution in [0, 0.1) is 5.92 Å². The van der Waals surface area contributed by atoms with Crippen molar-refractivity contribution in [2.45, 2.75) is 83.3 Å². The second-order valence-corrected chi connectivity index (χ2v) is 13.8. The Kier molecular flexibility index (Phi) is 15.1. The van der Waals surface area contributed by atoms with Gasteiger partial charge < -0.3 is 40.2 Å². The molecule has 4 rings (SSSR count). The van der Waals surface area contributed by atoms with Gasteiger partial charge in [0.05, 0.1) is 69.3 Å². The second-order valence-electron chi connectivity index (χ2n) is 13.4. The van der Waals surface area contributed by atoms with Gasteiger partial charge in [-0.3, -0.25) is 9.48 Å². The van der Waals surface area contributed by atoms with Crippen LogP contribution in [0.4, 0.5) is 10.7 Å². The molecule has 0 unspecified atom stereocenters. The van der Waals surface area contributed by atoms with Gasteiger partial charge in [0.25, 0.3) is 0 Å². The first-order valence-electron chi connectivity index (χ1n) is 17.1. The summed E-state index contributed by atoms with van der Waals surface area (Å²) in [4.78, 5) is 33.1. The molecule has 0 spiro atoms. The maximum atomic E-state index is 12.3. The molecular weight excluding hydrogens is 640 g/mol. The van der Waals surface area contributed by atoms with Crippen LogP contribution in [0.15, 0.2) is 12.4 Å². The molecule has 0 aliphatic heterocycles. The minimum atomic E-state index is -0.460. The van der Waals surface area contributed by atoms with Crippen molar-refractivity contribution in [3.05, 3.63) is 23.1 Å². The van der Waals surface area contributed by atoms with Crippen molar-refractivity contribution in [1.29, 1.82) is 0 Å². The van der Waals surface area contributed by atoms with Gasteiger partial charge in [-0.2, -0.15) is 5.10 Å². The highest BCUT2D eigenvalue weighted by Crippen LogP contribution is 2.37. The summed E-state index contributed by atoms with van der Waals surface area (Å²) in [5.41, 5.74) is 2.54. The van der Waals surface area contributed by atoms with Crippen LogP contribution in [-0.4, -0.2) is 109 Å². The Balaban J connectivity index is 0.990. The smallest absolute Gasteiger partial charge is 0.407 e. The predicted molar refractivity (Wildman–Crippen MR) is 183 cm³/mol. The first-order valence-corrected chi connectivity index (χ1v) is 17.4. The van der Waals surface area contributed by atoms with Crippen molar-refractivity contribution in [3.8, 4) is 11.3 Å². The maximum Gasteiger partial charge on any atom is 0.407 e. The molecule has 48 heavy (non-hydrogen) atoms. The summed E-state index contributed by atoms with van der Waals surface area (Å²) in [5, 5.41) is 17.5. The molecule has 4 N–H and O–H groups in total. The summed E-state index contributed by atoms with van der Waals surface area (Å²) in [7, 11) is 1.97. The monoisotopic (exact) mass is 692 g/mol. The third-order valence-corrected chi connectivity index (χ3v) is 8.38. The average molecular weight is 693 g/mol. The SMILES string of the molecule is Cn1ncc(-c2nc(NC3CCC(NCC(=O)NCCOCCOCCOCCOC(=O)NC(C)(C)C)CC3)ncc2Cl)c1CC1CC1. The summed E-state index contributed by atoms with van der Waals surface area (Å²) in [6.07, 6.45) is 10.4. The third-order valence-electron chi connectivity index (χ3n) is 8.10. The average Bonchev–Trinajstić information content (AvgIpc) is 3.80. The molecule has 2 aliphatic rings. The summed E-state index contributed by atoms with van der Waals surface area (Å²) in [6.45, 7) is 8.93. The van der Waals surface area contributed by atoms with Crippen molar-refractivity contribution in [2.75, 3.05) is 64.7 Å². The fraction of sp³-hybridized carbons (Fsp3) is 0.727. The first kappa shape index (κ1) is 37.8. The Morgan fingerprint density at radius 3 is 2.23 bits per heavy atom. The number of aryl methyl sites for hydroxylation is 1. The van der Waals surface area contributed by atoms with Gasteiger partial charge in [-0.05, 0) is 71.6 Å². The van der Waals surface area contributed by atoms with E-state index in [9.17, 15) is 9.59 Å². The Labute approximate surface area is 288 Å². The van der Waals surface area contributed by atoms with Crippen molar-refractivity contribution < 1.29 is 28.5 Å². The van der Waals surface area contributed by atoms with E-state index >= 15 is 0 Å². The van der Waals surface area contributed by atoms with Crippen LogP contribution in [0.3, 0.4) is 0 Å². The zero-order valence-electron chi connectivity index (χ0n) is 28.8. The molecule has 268 valence electrons. The number of rotatable bonds is 20. The lowest BCUT2D eigenvalue weighted by Crippen LogP contribution is -2.43. The molecule has 2 aliphatic carbocycles. The number of ether oxygens (including phenoxy) is 4. The zero-order valence-corrected chi connectivity index (χ0v) is 29.6. The van der Waals surface area contributed by atoms with E-state index in [1.54, 1.807) is 6.20 Å². The molecule has 2 heterocycles. The predicted octanol–water partition coefficient (Wildman–Crippen LogP) is 3.49. The van der Waals surface area contributed by atoms with E-state index in [4.69, 9.17) is 35.5 Å². The molecule has 0 atom stereocenters.